The van der Waals surface area contributed by atoms with Crippen LogP contribution in [-0.2, 0) is 10.8 Å². The Balaban J connectivity index is 1.86. The molecule has 0 bridgehead atoms. The second-order valence-corrected chi connectivity index (χ2v) is 8.97. The maximum atomic E-state index is 12.8. The van der Waals surface area contributed by atoms with E-state index < -0.39 is 16.6 Å². The fraction of sp³-hybridized carbons (Fsp3) is 0.111. The first-order valence-electron chi connectivity index (χ1n) is 8.02. The van der Waals surface area contributed by atoms with Crippen molar-refractivity contribution in [1.29, 1.82) is 0 Å². The van der Waals surface area contributed by atoms with Gasteiger partial charge in [0, 0.05) is 10.6 Å². The predicted molar refractivity (Wildman–Crippen MR) is 115 cm³/mol. The molecule has 3 aromatic rings. The zero-order valence-electron chi connectivity index (χ0n) is 14.3. The minimum atomic E-state index is -1.30. The second-order valence-electron chi connectivity index (χ2n) is 5.59. The van der Waals surface area contributed by atoms with Gasteiger partial charge in [-0.25, -0.2) is 4.98 Å². The number of nitrogen functional groups attached to an aromatic ring is 1. The minimum absolute atomic E-state index is 0.0634. The Morgan fingerprint density at radius 3 is 2.57 bits per heavy atom. The van der Waals surface area contributed by atoms with Crippen molar-refractivity contribution < 1.29 is 14.1 Å². The summed E-state index contributed by atoms with van der Waals surface area (Å²) >= 11 is 13.3. The molecule has 6 nitrogen and oxygen atoms in total. The van der Waals surface area contributed by atoms with E-state index in [-0.39, 0.29) is 38.7 Å². The van der Waals surface area contributed by atoms with Gasteiger partial charge in [0.25, 0.3) is 0 Å². The van der Waals surface area contributed by atoms with E-state index >= 15 is 0 Å². The van der Waals surface area contributed by atoms with E-state index in [2.05, 4.69) is 10.3 Å². The third-order valence-electron chi connectivity index (χ3n) is 3.67. The first kappa shape index (κ1) is 20.8. The van der Waals surface area contributed by atoms with Gasteiger partial charge in [-0.1, -0.05) is 46.7 Å². The van der Waals surface area contributed by atoms with Crippen LogP contribution in [0.2, 0.25) is 10.0 Å². The molecule has 1 aromatic heterocycles. The number of hydrogen-bond donors (Lipinski definition) is 3. The summed E-state index contributed by atoms with van der Waals surface area (Å²) in [5.41, 5.74) is 6.73. The molecule has 1 atom stereocenters. The highest BCUT2D eigenvalue weighted by Gasteiger charge is 2.22. The number of ketones is 1. The second kappa shape index (κ2) is 9.02. The number of aliphatic hydroxyl groups excluding tert-OH is 1. The number of hydrogen-bond acceptors (Lipinski definition) is 7. The van der Waals surface area contributed by atoms with Crippen LogP contribution in [0.25, 0.3) is 0 Å². The molecule has 28 heavy (non-hydrogen) atoms. The van der Waals surface area contributed by atoms with Crippen LogP contribution in [0.3, 0.4) is 0 Å². The number of carbonyl (C=O) groups excluding carboxylic acids is 1. The van der Waals surface area contributed by atoms with Crippen molar-refractivity contribution in [2.24, 2.45) is 0 Å². The maximum absolute atomic E-state index is 12.8. The number of halogens is 2. The summed E-state index contributed by atoms with van der Waals surface area (Å²) in [5.74, 6) is -0.185. The third kappa shape index (κ3) is 4.53. The van der Waals surface area contributed by atoms with Gasteiger partial charge in [-0.15, -0.1) is 0 Å². The van der Waals surface area contributed by atoms with Crippen molar-refractivity contribution in [1.82, 2.24) is 4.98 Å². The van der Waals surface area contributed by atoms with Crippen molar-refractivity contribution >= 4 is 67.8 Å². The Labute approximate surface area is 177 Å². The number of rotatable bonds is 7. The number of nitrogens with zero attached hydrogens (tertiary/aromatic N) is 1. The van der Waals surface area contributed by atoms with Crippen LogP contribution in [0.1, 0.15) is 15.2 Å². The van der Waals surface area contributed by atoms with Gasteiger partial charge in [-0.3, -0.25) is 9.00 Å². The fourth-order valence-electron chi connectivity index (χ4n) is 2.42. The first-order chi connectivity index (χ1) is 13.4. The number of thiazole rings is 1. The molecule has 0 radical (unpaired) electrons. The minimum Gasteiger partial charge on any atom is -0.395 e. The maximum Gasteiger partial charge on any atom is 0.209 e. The van der Waals surface area contributed by atoms with Crippen LogP contribution >= 0.6 is 34.5 Å². The Hall–Kier alpha value is -1.97. The zero-order chi connectivity index (χ0) is 20.3. The first-order valence-corrected chi connectivity index (χ1v) is 10.9. The van der Waals surface area contributed by atoms with Crippen LogP contribution in [0.5, 0.6) is 0 Å². The summed E-state index contributed by atoms with van der Waals surface area (Å²) in [4.78, 5) is 17.8. The summed E-state index contributed by atoms with van der Waals surface area (Å²) in [6.07, 6.45) is 0. The lowest BCUT2D eigenvalue weighted by atomic mass is 10.1. The Morgan fingerprint density at radius 1 is 1.21 bits per heavy atom. The van der Waals surface area contributed by atoms with E-state index in [0.717, 1.165) is 11.3 Å². The van der Waals surface area contributed by atoms with E-state index in [1.165, 1.54) is 0 Å². The van der Waals surface area contributed by atoms with E-state index in [9.17, 15) is 9.00 Å². The number of nitrogens with two attached hydrogens (primary N) is 1. The van der Waals surface area contributed by atoms with Gasteiger partial charge in [-0.2, -0.15) is 0 Å². The molecule has 0 fully saturated rings. The highest BCUT2D eigenvalue weighted by molar-refractivity contribution is 7.85. The van der Waals surface area contributed by atoms with Crippen molar-refractivity contribution in [3.05, 3.63) is 63.0 Å². The number of nitrogens with one attached hydrogen (secondary N) is 1. The zero-order valence-corrected chi connectivity index (χ0v) is 17.5. The van der Waals surface area contributed by atoms with E-state index in [4.69, 9.17) is 34.0 Å². The summed E-state index contributed by atoms with van der Waals surface area (Å²) in [6.45, 7) is -0.163. The SMILES string of the molecule is Nc1nc(Nc2cccc(S(=O)CCO)c2)sc1C(=O)c1c(Cl)cccc1Cl. The number of carbonyl (C=O) groups is 1. The largest absolute Gasteiger partial charge is 0.395 e. The van der Waals surface area contributed by atoms with E-state index in [1.54, 1.807) is 42.5 Å². The summed E-state index contributed by atoms with van der Waals surface area (Å²) in [7, 11) is -1.30. The molecule has 0 saturated heterocycles. The Bertz CT molecular complexity index is 1040. The average Bonchev–Trinajstić information content (AvgIpc) is 3.02. The van der Waals surface area contributed by atoms with Gasteiger partial charge >= 0.3 is 0 Å². The molecule has 3 rings (SSSR count). The standard InChI is InChI=1S/C18H15Cl2N3O3S2/c19-12-5-2-6-13(20)14(12)15(25)16-17(21)23-18(27-16)22-10-3-1-4-11(9-10)28(26)8-7-24/h1-6,9,24H,7-8,21H2,(H,22,23). The lowest BCUT2D eigenvalue weighted by Crippen LogP contribution is -2.04. The molecule has 1 unspecified atom stereocenters. The normalized spacial score (nSPS) is 12.0. The number of anilines is 3. The van der Waals surface area contributed by atoms with Crippen molar-refractivity contribution in [2.45, 2.75) is 4.90 Å². The molecule has 0 amide bonds. The Kier molecular flexibility index (Phi) is 6.69. The molecule has 0 aliphatic rings. The quantitative estimate of drug-likeness (QED) is 0.463. The molecular formula is C18H15Cl2N3O3S2. The molecule has 0 spiro atoms. The molecule has 1 heterocycles. The topological polar surface area (TPSA) is 105 Å². The van der Waals surface area contributed by atoms with Gasteiger partial charge in [0.2, 0.25) is 5.78 Å². The molecule has 4 N–H and O–H groups in total. The lowest BCUT2D eigenvalue weighted by molar-refractivity contribution is 0.104. The van der Waals surface area contributed by atoms with E-state index in [1.807, 2.05) is 0 Å². The summed E-state index contributed by atoms with van der Waals surface area (Å²) < 4.78 is 12.0. The van der Waals surface area contributed by atoms with E-state index in [0.29, 0.717) is 15.7 Å². The summed E-state index contributed by atoms with van der Waals surface area (Å²) in [6, 6.07) is 11.7. The lowest BCUT2D eigenvalue weighted by Gasteiger charge is -2.05. The van der Waals surface area contributed by atoms with Crippen molar-refractivity contribution in [3.63, 3.8) is 0 Å². The van der Waals surface area contributed by atoms with Crippen LogP contribution in [0.4, 0.5) is 16.6 Å². The molecule has 0 aliphatic heterocycles. The monoisotopic (exact) mass is 455 g/mol. The number of benzene rings is 2. The molecule has 0 saturated carbocycles. The van der Waals surface area contributed by atoms with Gasteiger partial charge in [0.1, 0.15) is 10.7 Å². The molecule has 0 aliphatic carbocycles. The Morgan fingerprint density at radius 2 is 1.89 bits per heavy atom. The molecular weight excluding hydrogens is 441 g/mol. The van der Waals surface area contributed by atoms with Gasteiger partial charge in [-0.05, 0) is 30.3 Å². The van der Waals surface area contributed by atoms with Gasteiger partial charge < -0.3 is 16.2 Å². The summed E-state index contributed by atoms with van der Waals surface area (Å²) in [5, 5.41) is 12.9. The number of aliphatic hydroxyl groups is 1. The van der Waals surface area contributed by atoms with Crippen LogP contribution in [0.15, 0.2) is 47.4 Å². The highest BCUT2D eigenvalue weighted by atomic mass is 35.5. The van der Waals surface area contributed by atoms with Crippen molar-refractivity contribution in [3.8, 4) is 0 Å². The predicted octanol–water partition coefficient (Wildman–Crippen LogP) is 4.11. The molecule has 10 heteroatoms. The van der Waals surface area contributed by atoms with Crippen LogP contribution in [0, 0.1) is 0 Å². The molecule has 2 aromatic carbocycles. The van der Waals surface area contributed by atoms with Crippen LogP contribution in [-0.4, -0.2) is 32.4 Å². The smallest absolute Gasteiger partial charge is 0.209 e. The van der Waals surface area contributed by atoms with Crippen molar-refractivity contribution in [2.75, 3.05) is 23.4 Å². The van der Waals surface area contributed by atoms with Gasteiger partial charge in [0.05, 0.1) is 38.8 Å². The van der Waals surface area contributed by atoms with Gasteiger partial charge in [0.15, 0.2) is 5.13 Å². The molecule has 146 valence electrons. The van der Waals surface area contributed by atoms with Crippen LogP contribution < -0.4 is 11.1 Å². The average molecular weight is 456 g/mol. The third-order valence-corrected chi connectivity index (χ3v) is 6.62. The number of aromatic nitrogens is 1. The fourth-order valence-corrected chi connectivity index (χ4v) is 4.73. The highest BCUT2D eigenvalue weighted by Crippen LogP contribution is 2.34.